The van der Waals surface area contributed by atoms with Gasteiger partial charge in [0, 0.05) is 38.6 Å². The Labute approximate surface area is 151 Å². The highest BCUT2D eigenvalue weighted by Gasteiger charge is 2.29. The number of fused-ring (bicyclic) bond motifs is 1. The van der Waals surface area contributed by atoms with Crippen molar-refractivity contribution < 1.29 is 9.53 Å². The number of likely N-dealkylation sites (N-methyl/N-ethyl adjacent to an activating group) is 1. The van der Waals surface area contributed by atoms with Gasteiger partial charge < -0.3 is 14.5 Å². The topological polar surface area (TPSA) is 32.8 Å². The van der Waals surface area contributed by atoms with Gasteiger partial charge in [0.25, 0.3) is 0 Å². The molecule has 0 amide bonds. The molecule has 0 N–H and O–H groups in total. The van der Waals surface area contributed by atoms with E-state index in [1.54, 1.807) is 0 Å². The fourth-order valence-corrected chi connectivity index (χ4v) is 3.14. The van der Waals surface area contributed by atoms with Gasteiger partial charge in [0.15, 0.2) is 5.78 Å². The third kappa shape index (κ3) is 4.83. The molecule has 6 heteroatoms. The number of aryl methyl sites for hydroxylation is 1. The summed E-state index contributed by atoms with van der Waals surface area (Å²) in [5.41, 5.74) is 1.89. The van der Waals surface area contributed by atoms with Crippen LogP contribution in [0.15, 0.2) is 18.2 Å². The van der Waals surface area contributed by atoms with Gasteiger partial charge in [-0.25, -0.2) is 0 Å². The number of halogens is 2. The molecule has 0 aliphatic carbocycles. The molecule has 1 unspecified atom stereocenters. The summed E-state index contributed by atoms with van der Waals surface area (Å²) in [6.45, 7) is 7.82. The lowest BCUT2D eigenvalue weighted by atomic mass is 9.93. The molecule has 0 saturated carbocycles. The van der Waals surface area contributed by atoms with Gasteiger partial charge in [-0.2, -0.15) is 0 Å². The Morgan fingerprint density at radius 1 is 1.17 bits per heavy atom. The number of ketones is 1. The predicted octanol–water partition coefficient (Wildman–Crippen LogP) is 2.67. The Balaban J connectivity index is 0.00000132. The summed E-state index contributed by atoms with van der Waals surface area (Å²) >= 11 is 0. The van der Waals surface area contributed by atoms with E-state index in [9.17, 15) is 4.79 Å². The highest BCUT2D eigenvalue weighted by Crippen LogP contribution is 2.28. The number of nitrogens with zero attached hydrogens (tertiary/aromatic N) is 2. The lowest BCUT2D eigenvalue weighted by Crippen LogP contribution is -2.47. The first-order valence-electron chi connectivity index (χ1n) is 7.82. The second-order valence-corrected chi connectivity index (χ2v) is 6.30. The van der Waals surface area contributed by atoms with Crippen molar-refractivity contribution in [2.75, 3.05) is 46.4 Å². The summed E-state index contributed by atoms with van der Waals surface area (Å²) in [6, 6.07) is 5.91. The van der Waals surface area contributed by atoms with Crippen LogP contribution < -0.4 is 4.74 Å². The number of hydrogen-bond acceptors (Lipinski definition) is 4. The molecule has 1 aromatic carbocycles. The van der Waals surface area contributed by atoms with Crippen molar-refractivity contribution in [3.8, 4) is 5.75 Å². The van der Waals surface area contributed by atoms with Gasteiger partial charge >= 0.3 is 0 Å². The second-order valence-electron chi connectivity index (χ2n) is 6.30. The Kier molecular flexibility index (Phi) is 7.81. The highest BCUT2D eigenvalue weighted by molar-refractivity contribution is 6.00. The molecular formula is C17H26Cl2N2O2. The minimum Gasteiger partial charge on any atom is -0.493 e. The van der Waals surface area contributed by atoms with E-state index in [0.717, 1.165) is 56.0 Å². The number of hydrogen-bond donors (Lipinski definition) is 0. The van der Waals surface area contributed by atoms with Crippen LogP contribution in [0, 0.1) is 12.8 Å². The smallest absolute Gasteiger partial charge is 0.171 e. The largest absolute Gasteiger partial charge is 0.493 e. The number of Topliss-reactive ketones (excluding diaryl/α,β-unsaturated/α-hetero) is 1. The van der Waals surface area contributed by atoms with Crippen LogP contribution in [0.1, 0.15) is 22.3 Å². The summed E-state index contributed by atoms with van der Waals surface area (Å²) < 4.78 is 5.76. The van der Waals surface area contributed by atoms with E-state index in [1.807, 2.05) is 25.1 Å². The Morgan fingerprint density at radius 3 is 2.57 bits per heavy atom. The normalized spacial score (nSPS) is 22.2. The van der Waals surface area contributed by atoms with E-state index in [2.05, 4.69) is 16.8 Å². The van der Waals surface area contributed by atoms with Crippen molar-refractivity contribution in [1.82, 2.24) is 9.80 Å². The molecule has 0 radical (unpaired) electrons. The highest BCUT2D eigenvalue weighted by atomic mass is 35.5. The first-order chi connectivity index (χ1) is 10.1. The lowest BCUT2D eigenvalue weighted by molar-refractivity contribution is 0.0825. The van der Waals surface area contributed by atoms with Gasteiger partial charge in [-0.1, -0.05) is 11.6 Å². The van der Waals surface area contributed by atoms with E-state index in [1.165, 1.54) is 0 Å². The number of ether oxygens (including phenoxy) is 1. The Hall–Kier alpha value is -0.810. The third-order valence-corrected chi connectivity index (χ3v) is 4.57. The minimum atomic E-state index is 0. The molecule has 2 heterocycles. The van der Waals surface area contributed by atoms with Crippen LogP contribution in [0.3, 0.4) is 0 Å². The molecule has 1 aromatic rings. The van der Waals surface area contributed by atoms with E-state index in [-0.39, 0.29) is 36.5 Å². The monoisotopic (exact) mass is 360 g/mol. The van der Waals surface area contributed by atoms with Gasteiger partial charge in [-0.3, -0.25) is 4.79 Å². The minimum absolute atomic E-state index is 0. The maximum absolute atomic E-state index is 12.8. The Bertz CT molecular complexity index is 531. The Morgan fingerprint density at radius 2 is 1.87 bits per heavy atom. The zero-order chi connectivity index (χ0) is 14.8. The van der Waals surface area contributed by atoms with Crippen LogP contribution in [-0.4, -0.2) is 62.0 Å². The van der Waals surface area contributed by atoms with Crippen LogP contribution in [0.5, 0.6) is 5.75 Å². The van der Waals surface area contributed by atoms with E-state index in [4.69, 9.17) is 4.74 Å². The molecule has 1 saturated heterocycles. The lowest BCUT2D eigenvalue weighted by Gasteiger charge is -2.34. The third-order valence-electron chi connectivity index (χ3n) is 4.57. The number of piperazine rings is 1. The number of rotatable bonds is 2. The average Bonchev–Trinajstić information content (AvgIpc) is 2.62. The first-order valence-corrected chi connectivity index (χ1v) is 7.82. The molecule has 4 nitrogen and oxygen atoms in total. The van der Waals surface area contributed by atoms with Crippen molar-refractivity contribution in [2.24, 2.45) is 5.92 Å². The van der Waals surface area contributed by atoms with Gasteiger partial charge in [-0.15, -0.1) is 24.8 Å². The maximum atomic E-state index is 12.8. The van der Waals surface area contributed by atoms with Crippen LogP contribution in [-0.2, 0) is 0 Å². The van der Waals surface area contributed by atoms with E-state index < -0.39 is 0 Å². The van der Waals surface area contributed by atoms with Crippen molar-refractivity contribution in [3.05, 3.63) is 29.3 Å². The van der Waals surface area contributed by atoms with Crippen molar-refractivity contribution in [2.45, 2.75) is 13.3 Å². The van der Waals surface area contributed by atoms with Crippen molar-refractivity contribution in [3.63, 3.8) is 0 Å². The fourth-order valence-electron chi connectivity index (χ4n) is 3.14. The zero-order valence-corrected chi connectivity index (χ0v) is 15.4. The van der Waals surface area contributed by atoms with Crippen molar-refractivity contribution in [1.29, 1.82) is 0 Å². The summed E-state index contributed by atoms with van der Waals surface area (Å²) in [5.74, 6) is 1.08. The van der Waals surface area contributed by atoms with Gasteiger partial charge in [0.05, 0.1) is 12.2 Å². The molecule has 1 fully saturated rings. The molecule has 0 aromatic heterocycles. The molecule has 1 atom stereocenters. The number of carbonyl (C=O) groups excluding carboxylic acids is 1. The summed E-state index contributed by atoms with van der Waals surface area (Å²) in [5, 5.41) is 0. The van der Waals surface area contributed by atoms with Crippen LogP contribution in [0.2, 0.25) is 0 Å². The van der Waals surface area contributed by atoms with E-state index in [0.29, 0.717) is 6.61 Å². The number of carbonyl (C=O) groups is 1. The molecule has 3 rings (SSSR count). The first kappa shape index (κ1) is 20.2. The molecule has 0 spiro atoms. The maximum Gasteiger partial charge on any atom is 0.171 e. The molecule has 23 heavy (non-hydrogen) atoms. The van der Waals surface area contributed by atoms with Crippen molar-refractivity contribution >= 4 is 30.6 Å². The summed E-state index contributed by atoms with van der Waals surface area (Å²) in [4.78, 5) is 17.6. The summed E-state index contributed by atoms with van der Waals surface area (Å²) in [7, 11) is 2.15. The van der Waals surface area contributed by atoms with Gasteiger partial charge in [0.2, 0.25) is 0 Å². The quantitative estimate of drug-likeness (QED) is 0.811. The van der Waals surface area contributed by atoms with Crippen LogP contribution in [0.4, 0.5) is 0 Å². The van der Waals surface area contributed by atoms with E-state index >= 15 is 0 Å². The fraction of sp³-hybridized carbons (Fsp3) is 0.588. The van der Waals surface area contributed by atoms with Crippen LogP contribution in [0.25, 0.3) is 0 Å². The molecule has 0 bridgehead atoms. The molecular weight excluding hydrogens is 335 g/mol. The summed E-state index contributed by atoms with van der Waals surface area (Å²) in [6.07, 6.45) is 0.818. The molecule has 130 valence electrons. The number of benzene rings is 1. The predicted molar refractivity (Wildman–Crippen MR) is 97.5 cm³/mol. The zero-order valence-electron chi connectivity index (χ0n) is 13.8. The molecule has 2 aliphatic rings. The SMILES string of the molecule is Cc1ccc2c(c1)C(=O)C(CN1CCN(C)CC1)CCO2.Cl.Cl. The van der Waals surface area contributed by atoms with Crippen LogP contribution >= 0.6 is 24.8 Å². The molecule has 2 aliphatic heterocycles. The second kappa shape index (κ2) is 8.88. The van der Waals surface area contributed by atoms with Gasteiger partial charge in [-0.05, 0) is 32.5 Å². The standard InChI is InChI=1S/C17H24N2O2.2ClH/c1-13-3-4-16-15(11-13)17(20)14(5-10-21-16)12-19-8-6-18(2)7-9-19;;/h3-4,11,14H,5-10,12H2,1-2H3;2*1H. The average molecular weight is 361 g/mol. The van der Waals surface area contributed by atoms with Gasteiger partial charge in [0.1, 0.15) is 5.75 Å².